The summed E-state index contributed by atoms with van der Waals surface area (Å²) < 4.78 is 26.0. The Morgan fingerprint density at radius 2 is 1.90 bits per heavy atom. The number of nitrogens with zero attached hydrogens (tertiary/aromatic N) is 3. The number of hydrogen-bond donors (Lipinski definition) is 2. The van der Waals surface area contributed by atoms with E-state index in [4.69, 9.17) is 0 Å². The molecule has 2 rings (SSSR count). The van der Waals surface area contributed by atoms with Crippen molar-refractivity contribution in [2.75, 3.05) is 45.5 Å². The Labute approximate surface area is 193 Å². The first-order chi connectivity index (χ1) is 13.5. The third-order valence-electron chi connectivity index (χ3n) is 5.21. The highest BCUT2D eigenvalue weighted by atomic mass is 127. The van der Waals surface area contributed by atoms with Crippen LogP contribution in [0, 0.1) is 0 Å². The summed E-state index contributed by atoms with van der Waals surface area (Å²) in [5.74, 6) is 0.722. The Hall–Kier alpha value is -0.910. The second kappa shape index (κ2) is 13.4. The average Bonchev–Trinajstić information content (AvgIpc) is 3.13. The number of halogens is 1. The van der Waals surface area contributed by atoms with Crippen molar-refractivity contribution < 1.29 is 8.42 Å². The first-order valence-electron chi connectivity index (χ1n) is 10.2. The third kappa shape index (κ3) is 8.39. The molecule has 2 N–H and O–H groups in total. The van der Waals surface area contributed by atoms with Crippen molar-refractivity contribution in [2.24, 2.45) is 4.99 Å². The van der Waals surface area contributed by atoms with Gasteiger partial charge in [0, 0.05) is 45.8 Å². The number of likely N-dealkylation sites (tertiary alicyclic amines) is 1. The van der Waals surface area contributed by atoms with E-state index in [0.717, 1.165) is 26.1 Å². The number of guanidine groups is 1. The van der Waals surface area contributed by atoms with E-state index in [9.17, 15) is 8.42 Å². The molecule has 9 heteroatoms. The number of nitrogens with one attached hydrogen (secondary N) is 2. The van der Waals surface area contributed by atoms with E-state index in [1.807, 2.05) is 19.9 Å². The van der Waals surface area contributed by atoms with Crippen LogP contribution in [-0.2, 0) is 16.6 Å². The molecular weight excluding hydrogens is 501 g/mol. The summed E-state index contributed by atoms with van der Waals surface area (Å²) in [5.41, 5.74) is 1.33. The molecule has 1 atom stereocenters. The fourth-order valence-corrected chi connectivity index (χ4v) is 5.04. The summed E-state index contributed by atoms with van der Waals surface area (Å²) >= 11 is 0. The van der Waals surface area contributed by atoms with Crippen molar-refractivity contribution in [1.82, 2.24) is 19.8 Å². The Bertz CT molecular complexity index is 711. The highest BCUT2D eigenvalue weighted by Crippen LogP contribution is 2.19. The van der Waals surface area contributed by atoms with Gasteiger partial charge < -0.3 is 10.6 Å². The highest BCUT2D eigenvalue weighted by Gasteiger charge is 2.24. The lowest BCUT2D eigenvalue weighted by Crippen LogP contribution is -2.46. The number of benzene rings is 1. The van der Waals surface area contributed by atoms with Crippen molar-refractivity contribution in [3.05, 3.63) is 35.9 Å². The monoisotopic (exact) mass is 537 g/mol. The standard InChI is InChI=1S/C20H35N5O2S.HI/c1-4-25(5-2)28(26,27)15-13-22-20(21-3)23-16-19-12-9-14-24(19)17-18-10-7-6-8-11-18;/h6-8,10-11,19H,4-5,9,12-17H2,1-3H3,(H2,21,22,23);1H. The van der Waals surface area contributed by atoms with Gasteiger partial charge in [0.25, 0.3) is 0 Å². The van der Waals surface area contributed by atoms with E-state index >= 15 is 0 Å². The van der Waals surface area contributed by atoms with Gasteiger partial charge in [-0.15, -0.1) is 24.0 Å². The zero-order valence-corrected chi connectivity index (χ0v) is 20.9. The summed E-state index contributed by atoms with van der Waals surface area (Å²) in [7, 11) is -1.51. The minimum Gasteiger partial charge on any atom is -0.355 e. The van der Waals surface area contributed by atoms with E-state index in [-0.39, 0.29) is 29.7 Å². The molecule has 0 saturated carbocycles. The SMILES string of the molecule is CCN(CC)S(=O)(=O)CCNC(=NC)NCC1CCCN1Cc1ccccc1.I. The van der Waals surface area contributed by atoms with E-state index in [2.05, 4.69) is 44.8 Å². The first kappa shape index (κ1) is 26.1. The van der Waals surface area contributed by atoms with Crippen molar-refractivity contribution in [2.45, 2.75) is 39.3 Å². The van der Waals surface area contributed by atoms with Crippen LogP contribution in [0.15, 0.2) is 35.3 Å². The topological polar surface area (TPSA) is 77.0 Å². The van der Waals surface area contributed by atoms with Gasteiger partial charge in [0.05, 0.1) is 5.75 Å². The summed E-state index contributed by atoms with van der Waals surface area (Å²) in [6, 6.07) is 11.0. The summed E-state index contributed by atoms with van der Waals surface area (Å²) in [6.45, 7) is 7.94. The molecule has 0 radical (unpaired) electrons. The van der Waals surface area contributed by atoms with Gasteiger partial charge in [-0.05, 0) is 24.9 Å². The Balaban J connectivity index is 0.00000420. The number of hydrogen-bond acceptors (Lipinski definition) is 4. The minimum absolute atomic E-state index is 0. The van der Waals surface area contributed by atoms with Crippen LogP contribution >= 0.6 is 24.0 Å². The van der Waals surface area contributed by atoms with Crippen LogP contribution in [0.5, 0.6) is 0 Å². The van der Waals surface area contributed by atoms with E-state index in [1.165, 1.54) is 16.3 Å². The summed E-state index contributed by atoms with van der Waals surface area (Å²) in [6.07, 6.45) is 2.36. The second-order valence-electron chi connectivity index (χ2n) is 7.03. The molecule has 1 saturated heterocycles. The maximum atomic E-state index is 12.3. The molecule has 166 valence electrons. The minimum atomic E-state index is -3.22. The Morgan fingerprint density at radius 1 is 1.21 bits per heavy atom. The molecule has 29 heavy (non-hydrogen) atoms. The van der Waals surface area contributed by atoms with Gasteiger partial charge in [-0.3, -0.25) is 9.89 Å². The zero-order valence-electron chi connectivity index (χ0n) is 17.8. The number of sulfonamides is 1. The molecule has 1 heterocycles. The fraction of sp³-hybridized carbons (Fsp3) is 0.650. The smallest absolute Gasteiger partial charge is 0.215 e. The van der Waals surface area contributed by atoms with Crippen molar-refractivity contribution in [3.63, 3.8) is 0 Å². The molecule has 1 fully saturated rings. The summed E-state index contributed by atoms with van der Waals surface area (Å²) in [5, 5.41) is 6.49. The molecule has 1 aromatic rings. The normalized spacial score (nSPS) is 17.9. The third-order valence-corrected chi connectivity index (χ3v) is 7.23. The second-order valence-corrected chi connectivity index (χ2v) is 9.12. The molecule has 1 aromatic carbocycles. The van der Waals surface area contributed by atoms with Crippen LogP contribution < -0.4 is 10.6 Å². The van der Waals surface area contributed by atoms with Crippen LogP contribution in [0.2, 0.25) is 0 Å². The number of rotatable bonds is 10. The van der Waals surface area contributed by atoms with Crippen molar-refractivity contribution in [3.8, 4) is 0 Å². The van der Waals surface area contributed by atoms with E-state index < -0.39 is 10.0 Å². The van der Waals surface area contributed by atoms with Gasteiger partial charge >= 0.3 is 0 Å². The molecule has 0 amide bonds. The zero-order chi connectivity index (χ0) is 20.4. The molecule has 1 unspecified atom stereocenters. The predicted octanol–water partition coefficient (Wildman–Crippen LogP) is 2.11. The molecule has 0 bridgehead atoms. The van der Waals surface area contributed by atoms with Crippen molar-refractivity contribution >= 4 is 40.0 Å². The van der Waals surface area contributed by atoms with Crippen molar-refractivity contribution in [1.29, 1.82) is 0 Å². The molecule has 1 aliphatic heterocycles. The predicted molar refractivity (Wildman–Crippen MR) is 131 cm³/mol. The molecule has 0 spiro atoms. The fourth-order valence-electron chi connectivity index (χ4n) is 3.63. The van der Waals surface area contributed by atoms with E-state index in [1.54, 1.807) is 7.05 Å². The van der Waals surface area contributed by atoms with Crippen LogP contribution in [0.1, 0.15) is 32.3 Å². The lowest BCUT2D eigenvalue weighted by molar-refractivity contribution is 0.245. The maximum absolute atomic E-state index is 12.3. The molecular formula is C20H36IN5O2S. The molecule has 0 aliphatic carbocycles. The van der Waals surface area contributed by atoms with Gasteiger partial charge in [-0.1, -0.05) is 44.2 Å². The lowest BCUT2D eigenvalue weighted by atomic mass is 10.2. The molecule has 1 aliphatic rings. The van der Waals surface area contributed by atoms with E-state index in [0.29, 0.717) is 31.6 Å². The first-order valence-corrected chi connectivity index (χ1v) is 11.8. The van der Waals surface area contributed by atoms with Gasteiger partial charge in [0.15, 0.2) is 5.96 Å². The average molecular weight is 538 g/mol. The van der Waals surface area contributed by atoms with Gasteiger partial charge in [-0.2, -0.15) is 0 Å². The number of aliphatic imine (C=N–C) groups is 1. The Kier molecular flexibility index (Phi) is 12.1. The van der Waals surface area contributed by atoms with Gasteiger partial charge in [0.1, 0.15) is 0 Å². The molecule has 7 nitrogen and oxygen atoms in total. The van der Waals surface area contributed by atoms with Crippen LogP contribution in [0.4, 0.5) is 0 Å². The van der Waals surface area contributed by atoms with Crippen LogP contribution in [-0.4, -0.2) is 75.1 Å². The molecule has 0 aromatic heterocycles. The quantitative estimate of drug-likeness (QED) is 0.272. The largest absolute Gasteiger partial charge is 0.355 e. The maximum Gasteiger partial charge on any atom is 0.215 e. The van der Waals surface area contributed by atoms with Gasteiger partial charge in [0.2, 0.25) is 10.0 Å². The lowest BCUT2D eigenvalue weighted by Gasteiger charge is -2.25. The highest BCUT2D eigenvalue weighted by molar-refractivity contribution is 14.0. The van der Waals surface area contributed by atoms with Gasteiger partial charge in [-0.25, -0.2) is 12.7 Å². The summed E-state index contributed by atoms with van der Waals surface area (Å²) in [4.78, 5) is 6.73. The Morgan fingerprint density at radius 3 is 2.52 bits per heavy atom. The van der Waals surface area contributed by atoms with Crippen LogP contribution in [0.25, 0.3) is 0 Å². The van der Waals surface area contributed by atoms with Crippen LogP contribution in [0.3, 0.4) is 0 Å².